The van der Waals surface area contributed by atoms with E-state index in [1.807, 2.05) is 0 Å². The van der Waals surface area contributed by atoms with E-state index in [9.17, 15) is 18.0 Å². The number of rotatable bonds is 3. The van der Waals surface area contributed by atoms with Crippen molar-refractivity contribution in [1.29, 1.82) is 0 Å². The third kappa shape index (κ3) is 4.15. The summed E-state index contributed by atoms with van der Waals surface area (Å²) < 4.78 is 23.3. The van der Waals surface area contributed by atoms with Gasteiger partial charge in [-0.2, -0.15) is 5.10 Å². The highest BCUT2D eigenvalue weighted by Crippen LogP contribution is 2.22. The molecule has 2 heterocycles. The molecule has 0 spiro atoms. The van der Waals surface area contributed by atoms with E-state index in [-0.39, 0.29) is 35.8 Å². The van der Waals surface area contributed by atoms with Gasteiger partial charge in [-0.25, -0.2) is 13.4 Å². The molecule has 0 aromatic rings. The molecule has 1 N–H and O–H groups in total. The predicted octanol–water partition coefficient (Wildman–Crippen LogP) is 0.991. The van der Waals surface area contributed by atoms with Gasteiger partial charge in [0.1, 0.15) is 5.71 Å². The van der Waals surface area contributed by atoms with Crippen LogP contribution in [0.3, 0.4) is 0 Å². The van der Waals surface area contributed by atoms with Crippen LogP contribution < -0.4 is 5.32 Å². The van der Waals surface area contributed by atoms with Gasteiger partial charge in [0.05, 0.1) is 17.5 Å². The van der Waals surface area contributed by atoms with E-state index in [1.165, 1.54) is 17.9 Å². The van der Waals surface area contributed by atoms with Crippen LogP contribution in [0.5, 0.6) is 0 Å². The monoisotopic (exact) mass is 355 g/mol. The lowest BCUT2D eigenvalue weighted by atomic mass is 10.1. The highest BCUT2D eigenvalue weighted by atomic mass is 32.2. The smallest absolute Gasteiger partial charge is 0.267 e. The van der Waals surface area contributed by atoms with Gasteiger partial charge in [0, 0.05) is 18.9 Å². The van der Waals surface area contributed by atoms with Crippen molar-refractivity contribution >= 4 is 27.4 Å². The zero-order chi connectivity index (χ0) is 17.2. The highest BCUT2D eigenvalue weighted by Gasteiger charge is 2.37. The number of hydrogen-bond acceptors (Lipinski definition) is 5. The molecule has 0 aromatic heterocycles. The molecule has 0 radical (unpaired) electrons. The SMILES string of the molecule is O=C(NC1CCCCCC1)C1=NN(C2CCS(=O)(=O)C2)C(=O)CC1. The maximum Gasteiger partial charge on any atom is 0.267 e. The first-order chi connectivity index (χ1) is 11.4. The van der Waals surface area contributed by atoms with Crippen molar-refractivity contribution in [2.75, 3.05) is 11.5 Å². The van der Waals surface area contributed by atoms with E-state index in [0.717, 1.165) is 25.7 Å². The van der Waals surface area contributed by atoms with Crippen LogP contribution in [0, 0.1) is 0 Å². The number of nitrogens with zero attached hydrogens (tertiary/aromatic N) is 2. The van der Waals surface area contributed by atoms with Crippen LogP contribution in [-0.2, 0) is 19.4 Å². The highest BCUT2D eigenvalue weighted by molar-refractivity contribution is 7.91. The Hall–Kier alpha value is -1.44. The van der Waals surface area contributed by atoms with E-state index in [4.69, 9.17) is 0 Å². The molecule has 24 heavy (non-hydrogen) atoms. The maximum absolute atomic E-state index is 12.5. The maximum atomic E-state index is 12.5. The lowest BCUT2D eigenvalue weighted by Crippen LogP contribution is -2.45. The summed E-state index contributed by atoms with van der Waals surface area (Å²) in [5, 5.41) is 8.51. The van der Waals surface area contributed by atoms with Crippen LogP contribution in [0.25, 0.3) is 0 Å². The summed E-state index contributed by atoms with van der Waals surface area (Å²) in [7, 11) is -3.10. The molecule has 1 aliphatic carbocycles. The van der Waals surface area contributed by atoms with E-state index >= 15 is 0 Å². The lowest BCUT2D eigenvalue weighted by Gasteiger charge is -2.28. The summed E-state index contributed by atoms with van der Waals surface area (Å²) in [6, 6.07) is -0.246. The number of carbonyl (C=O) groups is 2. The van der Waals surface area contributed by atoms with E-state index in [0.29, 0.717) is 18.6 Å². The fraction of sp³-hybridized carbons (Fsp3) is 0.812. The molecular formula is C16H25N3O4S. The van der Waals surface area contributed by atoms with Gasteiger partial charge in [-0.15, -0.1) is 0 Å². The number of hydrogen-bond donors (Lipinski definition) is 1. The van der Waals surface area contributed by atoms with Crippen molar-refractivity contribution in [1.82, 2.24) is 10.3 Å². The summed E-state index contributed by atoms with van der Waals surface area (Å²) in [6.45, 7) is 0. The van der Waals surface area contributed by atoms with Crippen LogP contribution in [0.2, 0.25) is 0 Å². The van der Waals surface area contributed by atoms with Crippen molar-refractivity contribution in [3.63, 3.8) is 0 Å². The Morgan fingerprint density at radius 3 is 2.42 bits per heavy atom. The quantitative estimate of drug-likeness (QED) is 0.764. The summed E-state index contributed by atoms with van der Waals surface area (Å²) in [6.07, 6.45) is 7.60. The summed E-state index contributed by atoms with van der Waals surface area (Å²) in [5.41, 5.74) is 0.350. The predicted molar refractivity (Wildman–Crippen MR) is 90.2 cm³/mol. The Kier molecular flexibility index (Phi) is 5.22. The first kappa shape index (κ1) is 17.4. The second-order valence-corrected chi connectivity index (χ2v) is 9.23. The van der Waals surface area contributed by atoms with Crippen molar-refractivity contribution in [3.05, 3.63) is 0 Å². The Balaban J connectivity index is 1.67. The molecule has 1 unspecified atom stereocenters. The van der Waals surface area contributed by atoms with Crippen molar-refractivity contribution in [2.45, 2.75) is 69.9 Å². The average molecular weight is 355 g/mol. The Morgan fingerprint density at radius 2 is 1.79 bits per heavy atom. The van der Waals surface area contributed by atoms with Crippen LogP contribution >= 0.6 is 0 Å². The second kappa shape index (κ2) is 7.21. The van der Waals surface area contributed by atoms with Gasteiger partial charge in [-0.1, -0.05) is 25.7 Å². The van der Waals surface area contributed by atoms with Gasteiger partial charge in [-0.3, -0.25) is 9.59 Å². The Morgan fingerprint density at radius 1 is 1.08 bits per heavy atom. The molecule has 7 nitrogen and oxygen atoms in total. The van der Waals surface area contributed by atoms with Crippen LogP contribution in [-0.4, -0.2) is 54.5 Å². The molecule has 1 saturated heterocycles. The topological polar surface area (TPSA) is 95.9 Å². The van der Waals surface area contributed by atoms with Crippen molar-refractivity contribution in [2.24, 2.45) is 5.10 Å². The Bertz CT molecular complexity index is 636. The fourth-order valence-corrected chi connectivity index (χ4v) is 5.37. The largest absolute Gasteiger partial charge is 0.348 e. The molecule has 2 aliphatic heterocycles. The average Bonchev–Trinajstić information content (AvgIpc) is 2.73. The number of amides is 2. The van der Waals surface area contributed by atoms with E-state index in [2.05, 4.69) is 10.4 Å². The zero-order valence-corrected chi connectivity index (χ0v) is 14.7. The first-order valence-electron chi connectivity index (χ1n) is 8.85. The van der Waals surface area contributed by atoms with Crippen molar-refractivity contribution < 1.29 is 18.0 Å². The van der Waals surface area contributed by atoms with Crippen molar-refractivity contribution in [3.8, 4) is 0 Å². The van der Waals surface area contributed by atoms with Gasteiger partial charge >= 0.3 is 0 Å². The van der Waals surface area contributed by atoms with E-state index < -0.39 is 15.9 Å². The van der Waals surface area contributed by atoms with Gasteiger partial charge in [0.15, 0.2) is 9.84 Å². The third-order valence-corrected chi connectivity index (χ3v) is 6.82. The molecule has 0 bridgehead atoms. The molecule has 0 aromatic carbocycles. The molecule has 1 atom stereocenters. The lowest BCUT2D eigenvalue weighted by molar-refractivity contribution is -0.133. The Labute approximate surface area is 142 Å². The third-order valence-electron chi connectivity index (χ3n) is 5.07. The molecule has 3 rings (SSSR count). The van der Waals surface area contributed by atoms with Gasteiger partial charge in [-0.05, 0) is 19.3 Å². The van der Waals surface area contributed by atoms with Gasteiger partial charge in [0.2, 0.25) is 5.91 Å². The van der Waals surface area contributed by atoms with Crippen LogP contribution in [0.15, 0.2) is 5.10 Å². The molecule has 134 valence electrons. The molecule has 1 saturated carbocycles. The van der Waals surface area contributed by atoms with Crippen LogP contribution in [0.4, 0.5) is 0 Å². The number of hydrazone groups is 1. The summed E-state index contributed by atoms with van der Waals surface area (Å²) in [5.74, 6) is -0.372. The van der Waals surface area contributed by atoms with E-state index in [1.54, 1.807) is 0 Å². The fourth-order valence-electron chi connectivity index (χ4n) is 3.68. The number of sulfone groups is 1. The van der Waals surface area contributed by atoms with Crippen LogP contribution in [0.1, 0.15) is 57.8 Å². The molecular weight excluding hydrogens is 330 g/mol. The first-order valence-corrected chi connectivity index (χ1v) is 10.7. The summed E-state index contributed by atoms with van der Waals surface area (Å²) >= 11 is 0. The molecule has 2 fully saturated rings. The minimum Gasteiger partial charge on any atom is -0.348 e. The molecule has 2 amide bonds. The van der Waals surface area contributed by atoms with Gasteiger partial charge in [0.25, 0.3) is 5.91 Å². The van der Waals surface area contributed by atoms with Gasteiger partial charge < -0.3 is 5.32 Å². The zero-order valence-electron chi connectivity index (χ0n) is 13.9. The normalized spacial score (nSPS) is 28.3. The second-order valence-electron chi connectivity index (χ2n) is 7.00. The number of carbonyl (C=O) groups excluding carboxylic acids is 2. The molecule has 3 aliphatic rings. The number of nitrogens with one attached hydrogen (secondary N) is 1. The summed E-state index contributed by atoms with van der Waals surface area (Å²) in [4.78, 5) is 24.6. The minimum absolute atomic E-state index is 0.0558. The minimum atomic E-state index is -3.10. The molecule has 8 heteroatoms. The standard InChI is InChI=1S/C16H25N3O4S/c20-15-8-7-14(16(21)17-12-5-3-1-2-4-6-12)18-19(15)13-9-10-24(22,23)11-13/h12-13H,1-11H2,(H,17,21).